The van der Waals surface area contributed by atoms with Crippen molar-refractivity contribution in [2.45, 2.75) is 75.9 Å². The quantitative estimate of drug-likeness (QED) is 0.236. The Balaban J connectivity index is 1.27. The molecular weight excluding hydrogens is 504 g/mol. The summed E-state index contributed by atoms with van der Waals surface area (Å²) in [6.45, 7) is 2.09. The van der Waals surface area contributed by atoms with Crippen molar-refractivity contribution >= 4 is 39.6 Å². The fraction of sp³-hybridized carbons (Fsp3) is 0.696. The lowest BCUT2D eigenvalue weighted by Crippen LogP contribution is -2.71. The standard InChI is InChI=1S/C23H32N6O7S/c1-2-3-8-27-17(30)15(16(24)25)18(31)28(21(27)34)13-4-6-22(7-5-13)9-14(10-22)29-20(33)26-19(32)23(29)11-37(35,36)12-23/h13-14H,2-12,24-25H2,1H3,(H,26,32,33). The van der Waals surface area contributed by atoms with Crippen molar-refractivity contribution in [2.75, 3.05) is 18.1 Å². The largest absolute Gasteiger partial charge is 0.385 e. The minimum atomic E-state index is -3.34. The molecule has 0 aromatic carbocycles. The number of nitrogens with one attached hydrogen (secondary N) is 1. The molecule has 2 saturated carbocycles. The number of hydrogen-bond acceptors (Lipinski definition) is 9. The second-order valence-corrected chi connectivity index (χ2v) is 13.1. The van der Waals surface area contributed by atoms with E-state index in [9.17, 15) is 32.4 Å². The van der Waals surface area contributed by atoms with Crippen LogP contribution in [0.3, 0.4) is 0 Å². The van der Waals surface area contributed by atoms with Crippen LogP contribution in [0, 0.1) is 5.41 Å². The Bertz CT molecular complexity index is 1210. The lowest BCUT2D eigenvalue weighted by atomic mass is 9.57. The molecule has 0 aromatic rings. The number of barbiturate groups is 1. The second-order valence-electron chi connectivity index (χ2n) is 11.1. The van der Waals surface area contributed by atoms with Crippen LogP contribution in [-0.2, 0) is 24.2 Å². The monoisotopic (exact) mass is 536 g/mol. The first-order valence-electron chi connectivity index (χ1n) is 12.6. The number of hydrogen-bond donors (Lipinski definition) is 3. The molecule has 5 rings (SSSR count). The molecule has 5 aliphatic rings. The van der Waals surface area contributed by atoms with Gasteiger partial charge in [-0.25, -0.2) is 18.0 Å². The molecule has 0 unspecified atom stereocenters. The summed E-state index contributed by atoms with van der Waals surface area (Å²) in [6, 6.07) is -1.86. The first kappa shape index (κ1) is 25.5. The lowest BCUT2D eigenvalue weighted by molar-refractivity contribution is -0.139. The van der Waals surface area contributed by atoms with Crippen molar-refractivity contribution < 1.29 is 32.4 Å². The summed E-state index contributed by atoms with van der Waals surface area (Å²) in [4.78, 5) is 67.6. The Morgan fingerprint density at radius 1 is 1.00 bits per heavy atom. The molecule has 0 bridgehead atoms. The Labute approximate surface area is 214 Å². The average molecular weight is 537 g/mol. The molecule has 13 nitrogen and oxygen atoms in total. The molecule has 14 heteroatoms. The molecule has 0 atom stereocenters. The maximum absolute atomic E-state index is 13.2. The third-order valence-electron chi connectivity index (χ3n) is 8.68. The van der Waals surface area contributed by atoms with Gasteiger partial charge in [-0.15, -0.1) is 0 Å². The van der Waals surface area contributed by atoms with Crippen molar-refractivity contribution in [3.63, 3.8) is 0 Å². The lowest BCUT2D eigenvalue weighted by Gasteiger charge is -2.57. The average Bonchev–Trinajstić information content (AvgIpc) is 3.01. The van der Waals surface area contributed by atoms with E-state index in [1.807, 2.05) is 6.92 Å². The predicted molar refractivity (Wildman–Crippen MR) is 129 cm³/mol. The van der Waals surface area contributed by atoms with E-state index in [-0.39, 0.29) is 35.1 Å². The molecule has 3 heterocycles. The minimum absolute atomic E-state index is 0.123. The highest BCUT2D eigenvalue weighted by molar-refractivity contribution is 7.93. The third-order valence-corrected chi connectivity index (χ3v) is 10.5. The Morgan fingerprint density at radius 3 is 2.16 bits per heavy atom. The first-order valence-corrected chi connectivity index (χ1v) is 14.5. The van der Waals surface area contributed by atoms with E-state index < -0.39 is 57.0 Å². The number of sulfone groups is 1. The van der Waals surface area contributed by atoms with Gasteiger partial charge in [-0.05, 0) is 50.4 Å². The number of rotatable bonds is 5. The SMILES string of the molecule is CCCCN1C(=O)C(=C(N)N)C(=O)N(C2CCC3(CC2)CC(N2C(=O)NC(=O)C24CS(=O)(=O)C4)C3)C1=O. The van der Waals surface area contributed by atoms with Gasteiger partial charge in [-0.2, -0.15) is 0 Å². The number of unbranched alkanes of at least 4 members (excludes halogenated alkanes) is 1. The van der Waals surface area contributed by atoms with Crippen LogP contribution < -0.4 is 16.8 Å². The van der Waals surface area contributed by atoms with Crippen molar-refractivity contribution in [1.82, 2.24) is 20.0 Å². The molecule has 3 aliphatic heterocycles. The highest BCUT2D eigenvalue weighted by Crippen LogP contribution is 2.56. The van der Waals surface area contributed by atoms with Crippen molar-refractivity contribution in [1.29, 1.82) is 0 Å². The van der Waals surface area contributed by atoms with Gasteiger partial charge >= 0.3 is 12.1 Å². The summed E-state index contributed by atoms with van der Waals surface area (Å²) in [7, 11) is -3.34. The minimum Gasteiger partial charge on any atom is -0.385 e. The van der Waals surface area contributed by atoms with Crippen LogP contribution in [0.15, 0.2) is 11.4 Å². The van der Waals surface area contributed by atoms with E-state index in [2.05, 4.69) is 5.32 Å². The second kappa shape index (κ2) is 8.43. The smallest absolute Gasteiger partial charge is 0.334 e. The molecule has 37 heavy (non-hydrogen) atoms. The van der Waals surface area contributed by atoms with Crippen molar-refractivity contribution in [3.05, 3.63) is 11.4 Å². The van der Waals surface area contributed by atoms with E-state index in [4.69, 9.17) is 11.5 Å². The fourth-order valence-electron chi connectivity index (χ4n) is 6.79. The third kappa shape index (κ3) is 3.79. The van der Waals surface area contributed by atoms with Gasteiger partial charge in [0.15, 0.2) is 15.4 Å². The number of carbonyl (C=O) groups is 5. The Morgan fingerprint density at radius 2 is 1.62 bits per heavy atom. The molecule has 202 valence electrons. The van der Waals surface area contributed by atoms with Crippen LogP contribution in [0.25, 0.3) is 0 Å². The van der Waals surface area contributed by atoms with Gasteiger partial charge in [0.25, 0.3) is 17.7 Å². The van der Waals surface area contributed by atoms with Crippen LogP contribution in [0.4, 0.5) is 9.59 Å². The highest BCUT2D eigenvalue weighted by atomic mass is 32.2. The molecule has 5 fully saturated rings. The summed E-state index contributed by atoms with van der Waals surface area (Å²) in [6.07, 6.45) is 4.97. The Kier molecular flexibility index (Phi) is 5.81. The number of urea groups is 2. The van der Waals surface area contributed by atoms with Gasteiger partial charge in [0.1, 0.15) is 11.4 Å². The van der Waals surface area contributed by atoms with E-state index >= 15 is 0 Å². The first-order chi connectivity index (χ1) is 17.3. The topological polar surface area (TPSA) is 193 Å². The van der Waals surface area contributed by atoms with E-state index in [1.54, 1.807) is 0 Å². The van der Waals surface area contributed by atoms with Gasteiger partial charge in [0, 0.05) is 18.6 Å². The summed E-state index contributed by atoms with van der Waals surface area (Å²) < 4.78 is 23.7. The molecule has 5 N–H and O–H groups in total. The number of amides is 7. The predicted octanol–water partition coefficient (Wildman–Crippen LogP) is -0.483. The fourth-order valence-corrected chi connectivity index (χ4v) is 8.70. The molecular formula is C23H32N6O7S. The molecule has 2 aliphatic carbocycles. The Hall–Kier alpha value is -3.16. The molecule has 3 saturated heterocycles. The maximum Gasteiger partial charge on any atom is 0.334 e. The van der Waals surface area contributed by atoms with Gasteiger partial charge in [0.2, 0.25) is 0 Å². The summed E-state index contributed by atoms with van der Waals surface area (Å²) in [5.74, 6) is -3.20. The van der Waals surface area contributed by atoms with Crippen molar-refractivity contribution in [3.8, 4) is 0 Å². The van der Waals surface area contributed by atoms with Crippen LogP contribution >= 0.6 is 0 Å². The molecule has 2 spiro atoms. The van der Waals surface area contributed by atoms with E-state index in [0.29, 0.717) is 44.9 Å². The summed E-state index contributed by atoms with van der Waals surface area (Å²) in [5.41, 5.74) is 9.51. The van der Waals surface area contributed by atoms with Gasteiger partial charge < -0.3 is 16.4 Å². The van der Waals surface area contributed by atoms with Gasteiger partial charge in [-0.1, -0.05) is 13.3 Å². The van der Waals surface area contributed by atoms with Gasteiger partial charge in [0.05, 0.1) is 11.5 Å². The number of nitrogens with two attached hydrogens (primary N) is 2. The summed E-state index contributed by atoms with van der Waals surface area (Å²) >= 11 is 0. The highest BCUT2D eigenvalue weighted by Gasteiger charge is 2.67. The molecule has 7 amide bonds. The number of nitrogens with zero attached hydrogens (tertiary/aromatic N) is 3. The maximum atomic E-state index is 13.2. The zero-order valence-electron chi connectivity index (χ0n) is 20.7. The molecule has 0 aromatic heterocycles. The van der Waals surface area contributed by atoms with Crippen LogP contribution in [-0.4, -0.2) is 88.6 Å². The van der Waals surface area contributed by atoms with E-state index in [0.717, 1.165) is 16.2 Å². The zero-order chi connectivity index (χ0) is 26.9. The molecule has 0 radical (unpaired) electrons. The van der Waals surface area contributed by atoms with Crippen LogP contribution in [0.5, 0.6) is 0 Å². The van der Waals surface area contributed by atoms with Crippen molar-refractivity contribution in [2.24, 2.45) is 16.9 Å². The summed E-state index contributed by atoms with van der Waals surface area (Å²) in [5, 5.41) is 2.28. The normalized spacial score (nSPS) is 32.6. The number of carbonyl (C=O) groups excluding carboxylic acids is 5. The zero-order valence-corrected chi connectivity index (χ0v) is 21.5. The van der Waals surface area contributed by atoms with Crippen LogP contribution in [0.2, 0.25) is 0 Å². The van der Waals surface area contributed by atoms with Crippen LogP contribution in [0.1, 0.15) is 58.3 Å². The van der Waals surface area contributed by atoms with E-state index in [1.165, 1.54) is 4.90 Å². The number of imide groups is 3. The van der Waals surface area contributed by atoms with Gasteiger partial charge in [-0.3, -0.25) is 29.5 Å².